The van der Waals surface area contributed by atoms with Crippen LogP contribution in [-0.4, -0.2) is 34.8 Å². The molecule has 9 heteroatoms. The summed E-state index contributed by atoms with van der Waals surface area (Å²) in [7, 11) is 1.64. The quantitative estimate of drug-likeness (QED) is 0.511. The van der Waals surface area contributed by atoms with Gasteiger partial charge in [0.2, 0.25) is 5.56 Å². The highest BCUT2D eigenvalue weighted by atomic mass is 19.1. The Labute approximate surface area is 177 Å². The van der Waals surface area contributed by atoms with Crippen LogP contribution in [0.2, 0.25) is 0 Å². The number of imidazole rings is 1. The van der Waals surface area contributed by atoms with Crippen LogP contribution in [0.15, 0.2) is 47.4 Å². The maximum absolute atomic E-state index is 14.0. The van der Waals surface area contributed by atoms with Crippen LogP contribution in [0.4, 0.5) is 10.2 Å². The number of anilines is 1. The maximum atomic E-state index is 14.0. The average Bonchev–Trinajstić information content (AvgIpc) is 3.08. The van der Waals surface area contributed by atoms with E-state index in [1.807, 2.05) is 0 Å². The SMILES string of the molecule is Cn1cc(-n2c(-c3cccc(F)c3)nc3c(N)nc(CCC(C)(C)O)nc32)ccc1=O. The van der Waals surface area contributed by atoms with Crippen LogP contribution < -0.4 is 11.3 Å². The minimum absolute atomic E-state index is 0.166. The van der Waals surface area contributed by atoms with Crippen molar-refractivity contribution in [1.29, 1.82) is 0 Å². The van der Waals surface area contributed by atoms with Gasteiger partial charge in [0.25, 0.3) is 0 Å². The molecule has 31 heavy (non-hydrogen) atoms. The molecule has 0 aliphatic rings. The summed E-state index contributed by atoms with van der Waals surface area (Å²) in [6.45, 7) is 3.43. The average molecular weight is 422 g/mol. The van der Waals surface area contributed by atoms with E-state index in [4.69, 9.17) is 5.73 Å². The van der Waals surface area contributed by atoms with Gasteiger partial charge in [-0.25, -0.2) is 19.3 Å². The van der Waals surface area contributed by atoms with Crippen molar-refractivity contribution in [3.05, 3.63) is 64.6 Å². The van der Waals surface area contributed by atoms with E-state index in [9.17, 15) is 14.3 Å². The molecule has 0 spiro atoms. The fraction of sp³-hybridized carbons (Fsp3) is 0.273. The number of aliphatic hydroxyl groups is 1. The number of halogens is 1. The van der Waals surface area contributed by atoms with Gasteiger partial charge in [0.1, 0.15) is 17.5 Å². The zero-order chi connectivity index (χ0) is 22.3. The van der Waals surface area contributed by atoms with Crippen LogP contribution in [0.25, 0.3) is 28.2 Å². The number of aromatic nitrogens is 5. The molecule has 0 saturated heterocycles. The predicted octanol–water partition coefficient (Wildman–Crippen LogP) is 2.61. The van der Waals surface area contributed by atoms with E-state index < -0.39 is 11.4 Å². The first-order valence-corrected chi connectivity index (χ1v) is 9.82. The van der Waals surface area contributed by atoms with E-state index in [0.717, 1.165) is 0 Å². The van der Waals surface area contributed by atoms with Crippen molar-refractivity contribution in [1.82, 2.24) is 24.1 Å². The summed E-state index contributed by atoms with van der Waals surface area (Å²) in [5, 5.41) is 10.1. The van der Waals surface area contributed by atoms with Gasteiger partial charge in [-0.05, 0) is 38.5 Å². The minimum Gasteiger partial charge on any atom is -0.390 e. The molecule has 1 aromatic carbocycles. The summed E-state index contributed by atoms with van der Waals surface area (Å²) < 4.78 is 17.1. The second-order valence-electron chi connectivity index (χ2n) is 8.13. The van der Waals surface area contributed by atoms with Gasteiger partial charge >= 0.3 is 0 Å². The molecular formula is C22H23FN6O2. The summed E-state index contributed by atoms with van der Waals surface area (Å²) in [6.07, 6.45) is 2.52. The number of aryl methyl sites for hydroxylation is 2. The number of hydrogen-bond acceptors (Lipinski definition) is 6. The summed E-state index contributed by atoms with van der Waals surface area (Å²) in [5.41, 5.74) is 7.12. The molecule has 3 heterocycles. The predicted molar refractivity (Wildman–Crippen MR) is 116 cm³/mol. The Morgan fingerprint density at radius 2 is 1.94 bits per heavy atom. The Morgan fingerprint density at radius 1 is 1.16 bits per heavy atom. The molecule has 0 amide bonds. The smallest absolute Gasteiger partial charge is 0.250 e. The van der Waals surface area contributed by atoms with Crippen LogP contribution in [0.3, 0.4) is 0 Å². The number of benzene rings is 1. The Bertz CT molecular complexity index is 1340. The third-order valence-corrected chi connectivity index (χ3v) is 4.95. The maximum Gasteiger partial charge on any atom is 0.250 e. The molecule has 8 nitrogen and oxygen atoms in total. The van der Waals surface area contributed by atoms with E-state index in [1.54, 1.807) is 49.9 Å². The van der Waals surface area contributed by atoms with Gasteiger partial charge in [-0.15, -0.1) is 0 Å². The standard InChI is InChI=1S/C22H23FN6O2/c1-22(2,31)10-9-16-25-19(24)18-21(26-16)29(15-7-8-17(30)28(3)12-15)20(27-18)13-5-4-6-14(23)11-13/h4-8,11-12,31H,9-10H2,1-3H3,(H2,24,25,26). The summed E-state index contributed by atoms with van der Waals surface area (Å²) in [6, 6.07) is 9.15. The highest BCUT2D eigenvalue weighted by molar-refractivity contribution is 5.87. The lowest BCUT2D eigenvalue weighted by molar-refractivity contribution is 0.0708. The van der Waals surface area contributed by atoms with Crippen molar-refractivity contribution in [3.63, 3.8) is 0 Å². The van der Waals surface area contributed by atoms with Gasteiger partial charge in [0.15, 0.2) is 17.0 Å². The van der Waals surface area contributed by atoms with Gasteiger partial charge in [0.05, 0.1) is 11.3 Å². The normalized spacial score (nSPS) is 11.9. The van der Waals surface area contributed by atoms with E-state index >= 15 is 0 Å². The van der Waals surface area contributed by atoms with E-state index in [0.29, 0.717) is 46.9 Å². The van der Waals surface area contributed by atoms with Crippen LogP contribution in [0.1, 0.15) is 26.1 Å². The first-order valence-electron chi connectivity index (χ1n) is 9.82. The Balaban J connectivity index is 1.99. The molecule has 0 unspecified atom stereocenters. The molecule has 0 saturated carbocycles. The first kappa shape index (κ1) is 20.7. The fourth-order valence-electron chi connectivity index (χ4n) is 3.33. The zero-order valence-corrected chi connectivity index (χ0v) is 17.5. The first-order chi connectivity index (χ1) is 14.6. The van der Waals surface area contributed by atoms with Gasteiger partial charge in [0, 0.05) is 31.3 Å². The van der Waals surface area contributed by atoms with Gasteiger partial charge in [-0.2, -0.15) is 0 Å². The molecule has 0 atom stereocenters. The zero-order valence-electron chi connectivity index (χ0n) is 17.5. The molecule has 0 aliphatic heterocycles. The van der Waals surface area contributed by atoms with E-state index in [2.05, 4.69) is 15.0 Å². The number of hydrogen-bond donors (Lipinski definition) is 2. The van der Waals surface area contributed by atoms with Crippen molar-refractivity contribution in [2.24, 2.45) is 7.05 Å². The summed E-state index contributed by atoms with van der Waals surface area (Å²) >= 11 is 0. The molecular weight excluding hydrogens is 399 g/mol. The lowest BCUT2D eigenvalue weighted by Gasteiger charge is -2.16. The summed E-state index contributed by atoms with van der Waals surface area (Å²) in [4.78, 5) is 25.5. The topological polar surface area (TPSA) is 112 Å². The third-order valence-electron chi connectivity index (χ3n) is 4.95. The molecule has 4 aromatic rings. The van der Waals surface area contributed by atoms with Crippen molar-refractivity contribution >= 4 is 17.0 Å². The molecule has 0 fully saturated rings. The summed E-state index contributed by atoms with van der Waals surface area (Å²) in [5.74, 6) is 0.677. The number of nitrogens with two attached hydrogens (primary N) is 1. The Hall–Kier alpha value is -3.59. The van der Waals surface area contributed by atoms with Crippen LogP contribution in [0.5, 0.6) is 0 Å². The molecule has 0 aliphatic carbocycles. The lowest BCUT2D eigenvalue weighted by Crippen LogP contribution is -2.20. The highest BCUT2D eigenvalue weighted by Crippen LogP contribution is 2.30. The lowest BCUT2D eigenvalue weighted by atomic mass is 10.0. The monoisotopic (exact) mass is 422 g/mol. The number of nitrogen functional groups attached to an aromatic ring is 1. The minimum atomic E-state index is -0.877. The second kappa shape index (κ2) is 7.59. The van der Waals surface area contributed by atoms with Crippen molar-refractivity contribution in [2.45, 2.75) is 32.3 Å². The van der Waals surface area contributed by atoms with Crippen LogP contribution >= 0.6 is 0 Å². The van der Waals surface area contributed by atoms with Gasteiger partial charge in [-0.1, -0.05) is 12.1 Å². The molecule has 3 N–H and O–H groups in total. The third kappa shape index (κ3) is 4.17. The number of nitrogens with zero attached hydrogens (tertiary/aromatic N) is 5. The number of rotatable bonds is 5. The number of fused-ring (bicyclic) bond motifs is 1. The highest BCUT2D eigenvalue weighted by Gasteiger charge is 2.21. The van der Waals surface area contributed by atoms with Crippen LogP contribution in [-0.2, 0) is 13.5 Å². The van der Waals surface area contributed by atoms with Gasteiger partial charge in [-0.3, -0.25) is 9.36 Å². The number of pyridine rings is 1. The Morgan fingerprint density at radius 3 is 2.61 bits per heavy atom. The molecule has 160 valence electrons. The Kier molecular flexibility index (Phi) is 5.06. The van der Waals surface area contributed by atoms with E-state index in [-0.39, 0.29) is 11.4 Å². The molecule has 3 aromatic heterocycles. The molecule has 0 radical (unpaired) electrons. The largest absolute Gasteiger partial charge is 0.390 e. The van der Waals surface area contributed by atoms with Crippen LogP contribution in [0, 0.1) is 5.82 Å². The van der Waals surface area contributed by atoms with Crippen molar-refractivity contribution in [3.8, 4) is 17.1 Å². The van der Waals surface area contributed by atoms with E-state index in [1.165, 1.54) is 22.8 Å². The van der Waals surface area contributed by atoms with Gasteiger partial charge < -0.3 is 15.4 Å². The van der Waals surface area contributed by atoms with Crippen molar-refractivity contribution < 1.29 is 9.50 Å². The fourth-order valence-corrected chi connectivity index (χ4v) is 3.33. The van der Waals surface area contributed by atoms with Crippen molar-refractivity contribution in [2.75, 3.05) is 5.73 Å². The molecule has 0 bridgehead atoms. The second-order valence-corrected chi connectivity index (χ2v) is 8.13. The molecule has 4 rings (SSSR count).